The third-order valence-corrected chi connectivity index (χ3v) is 3.48. The van der Waals surface area contributed by atoms with Crippen LogP contribution < -0.4 is 0 Å². The first-order chi connectivity index (χ1) is 14.3. The van der Waals surface area contributed by atoms with Crippen molar-refractivity contribution in [3.8, 4) is 0 Å². The molecule has 0 radical (unpaired) electrons. The van der Waals surface area contributed by atoms with Crippen LogP contribution in [0.1, 0.15) is 57.6 Å². The predicted molar refractivity (Wildman–Crippen MR) is 108 cm³/mol. The van der Waals surface area contributed by atoms with Gasteiger partial charge in [0.1, 0.15) is 0 Å². The average molecular weight is 412 g/mol. The second-order valence-corrected chi connectivity index (χ2v) is 5.90. The maximum Gasteiger partial charge on any atom is 0.356 e. The van der Waals surface area contributed by atoms with Crippen molar-refractivity contribution in [3.05, 3.63) is 71.3 Å². The molecule has 3 heterocycles. The summed E-state index contributed by atoms with van der Waals surface area (Å²) >= 11 is 0. The van der Waals surface area contributed by atoms with Gasteiger partial charge in [0, 0.05) is 24.8 Å². The van der Waals surface area contributed by atoms with Gasteiger partial charge in [-0.1, -0.05) is 13.8 Å². The maximum atomic E-state index is 10.3. The number of aryl methyl sites for hydroxylation is 4. The van der Waals surface area contributed by atoms with Crippen molar-refractivity contribution in [3.63, 3.8) is 0 Å². The van der Waals surface area contributed by atoms with Crippen molar-refractivity contribution >= 4 is 11.9 Å². The highest BCUT2D eigenvalue weighted by molar-refractivity contribution is 5.85. The Morgan fingerprint density at radius 2 is 1.00 bits per heavy atom. The summed E-state index contributed by atoms with van der Waals surface area (Å²) in [5.41, 5.74) is 3.51. The van der Waals surface area contributed by atoms with Crippen molar-refractivity contribution < 1.29 is 19.8 Å². The van der Waals surface area contributed by atoms with Gasteiger partial charge in [-0.15, -0.1) is 0 Å². The van der Waals surface area contributed by atoms with Crippen LogP contribution in [0.5, 0.6) is 0 Å². The first-order valence-corrected chi connectivity index (χ1v) is 9.10. The number of nitrogens with zero attached hydrogens (tertiary/aromatic N) is 6. The molecule has 0 unspecified atom stereocenters. The van der Waals surface area contributed by atoms with Crippen molar-refractivity contribution in [2.24, 2.45) is 0 Å². The fourth-order valence-electron chi connectivity index (χ4n) is 1.75. The molecule has 0 saturated heterocycles. The SMILES string of the molecule is CCc1cnc(C(=O)O)cn1.CCc1cnc(C)cn1.Cc1cnc(C(=O)O)cn1. The van der Waals surface area contributed by atoms with E-state index < -0.39 is 11.9 Å². The lowest BCUT2D eigenvalue weighted by atomic mass is 10.3. The van der Waals surface area contributed by atoms with Crippen LogP contribution >= 0.6 is 0 Å². The molecule has 0 aliphatic rings. The van der Waals surface area contributed by atoms with Crippen LogP contribution in [0.4, 0.5) is 0 Å². The molecule has 0 atom stereocenters. The van der Waals surface area contributed by atoms with Crippen molar-refractivity contribution in [2.75, 3.05) is 0 Å². The summed E-state index contributed by atoms with van der Waals surface area (Å²) in [6.45, 7) is 7.69. The summed E-state index contributed by atoms with van der Waals surface area (Å²) in [5, 5.41) is 16.8. The largest absolute Gasteiger partial charge is 0.476 e. The van der Waals surface area contributed by atoms with Crippen LogP contribution in [0.3, 0.4) is 0 Å². The zero-order chi connectivity index (χ0) is 22.5. The van der Waals surface area contributed by atoms with Gasteiger partial charge in [-0.05, 0) is 26.7 Å². The first-order valence-electron chi connectivity index (χ1n) is 9.10. The fourth-order valence-corrected chi connectivity index (χ4v) is 1.75. The number of carboxylic acid groups (broad SMARTS) is 2. The van der Waals surface area contributed by atoms with Gasteiger partial charge in [0.05, 0.1) is 35.2 Å². The van der Waals surface area contributed by atoms with E-state index >= 15 is 0 Å². The highest BCUT2D eigenvalue weighted by atomic mass is 16.4. The Morgan fingerprint density at radius 1 is 0.633 bits per heavy atom. The van der Waals surface area contributed by atoms with E-state index in [9.17, 15) is 9.59 Å². The quantitative estimate of drug-likeness (QED) is 0.653. The van der Waals surface area contributed by atoms with Gasteiger partial charge in [-0.2, -0.15) is 0 Å². The number of carboxylic acids is 2. The Morgan fingerprint density at radius 3 is 1.30 bits per heavy atom. The zero-order valence-electron chi connectivity index (χ0n) is 17.3. The summed E-state index contributed by atoms with van der Waals surface area (Å²) in [7, 11) is 0. The van der Waals surface area contributed by atoms with Gasteiger partial charge in [-0.3, -0.25) is 19.9 Å². The molecule has 30 heavy (non-hydrogen) atoms. The minimum Gasteiger partial charge on any atom is -0.476 e. The molecule has 3 aromatic heterocycles. The molecular weight excluding hydrogens is 388 g/mol. The third-order valence-electron chi connectivity index (χ3n) is 3.48. The monoisotopic (exact) mass is 412 g/mol. The minimum absolute atomic E-state index is 0.0119. The van der Waals surface area contributed by atoms with Crippen LogP contribution in [0, 0.1) is 13.8 Å². The van der Waals surface area contributed by atoms with Crippen LogP contribution in [-0.4, -0.2) is 52.1 Å². The lowest BCUT2D eigenvalue weighted by Gasteiger charge is -1.94. The fraction of sp³-hybridized carbons (Fsp3) is 0.300. The van der Waals surface area contributed by atoms with Crippen LogP contribution in [0.2, 0.25) is 0 Å². The van der Waals surface area contributed by atoms with Crippen LogP contribution in [0.15, 0.2) is 37.2 Å². The number of hydrogen-bond donors (Lipinski definition) is 2. The molecule has 2 N–H and O–H groups in total. The summed E-state index contributed by atoms with van der Waals surface area (Å²) < 4.78 is 0. The van der Waals surface area contributed by atoms with Crippen LogP contribution in [0.25, 0.3) is 0 Å². The van der Waals surface area contributed by atoms with E-state index in [0.29, 0.717) is 5.69 Å². The van der Waals surface area contributed by atoms with E-state index in [1.54, 1.807) is 13.1 Å². The highest BCUT2D eigenvalue weighted by Crippen LogP contribution is 1.95. The van der Waals surface area contributed by atoms with Gasteiger partial charge in [-0.25, -0.2) is 19.6 Å². The van der Waals surface area contributed by atoms with Gasteiger partial charge in [0.25, 0.3) is 0 Å². The van der Waals surface area contributed by atoms with E-state index in [1.807, 2.05) is 20.0 Å². The van der Waals surface area contributed by atoms with Gasteiger partial charge in [0.15, 0.2) is 11.4 Å². The summed E-state index contributed by atoms with van der Waals surface area (Å²) in [5.74, 6) is -2.09. The molecule has 0 aliphatic heterocycles. The summed E-state index contributed by atoms with van der Waals surface area (Å²) in [6, 6.07) is 0. The Labute approximate surface area is 174 Å². The third kappa shape index (κ3) is 8.91. The molecule has 158 valence electrons. The Kier molecular flexibility index (Phi) is 10.2. The van der Waals surface area contributed by atoms with Crippen molar-refractivity contribution in [2.45, 2.75) is 40.5 Å². The molecule has 0 aliphatic carbocycles. The predicted octanol–water partition coefficient (Wildman–Crippen LogP) is 2.57. The molecule has 10 heteroatoms. The Bertz CT molecular complexity index is 929. The molecule has 0 fully saturated rings. The molecule has 3 aromatic rings. The molecule has 3 rings (SSSR count). The summed E-state index contributed by atoms with van der Waals surface area (Å²) in [4.78, 5) is 43.7. The summed E-state index contributed by atoms with van der Waals surface area (Å²) in [6.07, 6.45) is 10.7. The molecule has 0 bridgehead atoms. The average Bonchev–Trinajstić information content (AvgIpc) is 2.75. The molecule has 0 amide bonds. The standard InChI is InChI=1S/C7H8N2O2.C7H10N2.C6H6N2O2/c1-2-5-3-9-6(4-8-5)7(10)11;1-3-7-5-8-6(2)4-9-7;1-4-2-8-5(3-7-4)6(9)10/h3-4H,2H2,1H3,(H,10,11);4-5H,3H2,1-2H3;2-3H,1H3,(H,9,10). The van der Waals surface area contributed by atoms with E-state index in [-0.39, 0.29) is 11.4 Å². The van der Waals surface area contributed by atoms with Crippen LogP contribution in [-0.2, 0) is 12.8 Å². The maximum absolute atomic E-state index is 10.3. The second kappa shape index (κ2) is 12.6. The van der Waals surface area contributed by atoms with Gasteiger partial charge in [0.2, 0.25) is 0 Å². The van der Waals surface area contributed by atoms with Crippen molar-refractivity contribution in [1.29, 1.82) is 0 Å². The molecule has 0 aromatic carbocycles. The lowest BCUT2D eigenvalue weighted by Crippen LogP contribution is -2.01. The van der Waals surface area contributed by atoms with Gasteiger partial charge < -0.3 is 10.2 Å². The first kappa shape index (κ1) is 24.2. The minimum atomic E-state index is -1.05. The topological polar surface area (TPSA) is 152 Å². The molecular formula is C20H24N6O4. The lowest BCUT2D eigenvalue weighted by molar-refractivity contribution is 0.0679. The molecule has 0 saturated carbocycles. The second-order valence-electron chi connectivity index (χ2n) is 5.90. The highest BCUT2D eigenvalue weighted by Gasteiger charge is 2.03. The van der Waals surface area contributed by atoms with E-state index in [4.69, 9.17) is 10.2 Å². The number of rotatable bonds is 4. The smallest absolute Gasteiger partial charge is 0.356 e. The van der Waals surface area contributed by atoms with E-state index in [0.717, 1.165) is 29.9 Å². The molecule has 10 nitrogen and oxygen atoms in total. The van der Waals surface area contributed by atoms with E-state index in [1.165, 1.54) is 24.8 Å². The Balaban J connectivity index is 0.000000226. The van der Waals surface area contributed by atoms with E-state index in [2.05, 4.69) is 36.8 Å². The molecule has 0 spiro atoms. The Hall–Kier alpha value is -3.82. The number of aromatic nitrogens is 6. The number of carbonyl (C=O) groups is 2. The zero-order valence-corrected chi connectivity index (χ0v) is 17.3. The normalized spacial score (nSPS) is 9.47. The van der Waals surface area contributed by atoms with Gasteiger partial charge >= 0.3 is 11.9 Å². The van der Waals surface area contributed by atoms with Crippen molar-refractivity contribution in [1.82, 2.24) is 29.9 Å². The number of hydrogen-bond acceptors (Lipinski definition) is 8. The number of aromatic carboxylic acids is 2.